The van der Waals surface area contributed by atoms with Gasteiger partial charge in [0.25, 0.3) is 0 Å². The molecule has 2 unspecified atom stereocenters. The van der Waals surface area contributed by atoms with E-state index in [1.165, 1.54) is 12.0 Å². The monoisotopic (exact) mass is 481 g/mol. The first-order valence-corrected chi connectivity index (χ1v) is 11.3. The number of amides is 3. The smallest absolute Gasteiger partial charge is 0.408 e. The highest BCUT2D eigenvalue weighted by Crippen LogP contribution is 2.25. The van der Waals surface area contributed by atoms with E-state index < -0.39 is 41.6 Å². The van der Waals surface area contributed by atoms with Crippen LogP contribution in [0.25, 0.3) is 0 Å². The van der Waals surface area contributed by atoms with Crippen LogP contribution in [0, 0.1) is 13.8 Å². The Hall–Kier alpha value is -2.75. The first-order valence-electron chi connectivity index (χ1n) is 10.7. The fourth-order valence-corrected chi connectivity index (χ4v) is 3.28. The second-order valence-corrected chi connectivity index (χ2v) is 8.91. The van der Waals surface area contributed by atoms with Gasteiger partial charge in [-0.25, -0.2) is 4.79 Å². The van der Waals surface area contributed by atoms with Gasteiger partial charge in [-0.1, -0.05) is 18.2 Å². The van der Waals surface area contributed by atoms with E-state index in [1.54, 1.807) is 33.8 Å². The molecular formula is C23H35N3O6S. The summed E-state index contributed by atoms with van der Waals surface area (Å²) >= 11 is 4.21. The molecule has 3 amide bonds. The number of carbonyl (C=O) groups is 4. The highest BCUT2D eigenvalue weighted by Gasteiger charge is 2.35. The minimum absolute atomic E-state index is 0.00198. The topological polar surface area (TPSA) is 114 Å². The molecule has 0 saturated carbocycles. The van der Waals surface area contributed by atoms with E-state index >= 15 is 0 Å². The Bertz CT molecular complexity index is 868. The Balaban J connectivity index is 3.29. The minimum Gasteiger partial charge on any atom is -0.468 e. The van der Waals surface area contributed by atoms with Crippen LogP contribution in [0.2, 0.25) is 0 Å². The van der Waals surface area contributed by atoms with Crippen LogP contribution in [-0.4, -0.2) is 66.4 Å². The van der Waals surface area contributed by atoms with Crippen molar-refractivity contribution in [1.82, 2.24) is 15.5 Å². The number of carbonyl (C=O) groups excluding carboxylic acids is 4. The molecular weight excluding hydrogens is 446 g/mol. The Morgan fingerprint density at radius 1 is 1.12 bits per heavy atom. The third-order valence-corrected chi connectivity index (χ3v) is 5.20. The third-order valence-electron chi connectivity index (χ3n) is 4.84. The molecule has 2 N–H and O–H groups in total. The lowest BCUT2D eigenvalue weighted by Crippen LogP contribution is -2.54. The fraction of sp³-hybridized carbons (Fsp3) is 0.565. The lowest BCUT2D eigenvalue weighted by molar-refractivity contribution is -0.144. The van der Waals surface area contributed by atoms with Gasteiger partial charge >= 0.3 is 12.1 Å². The van der Waals surface area contributed by atoms with E-state index in [0.717, 1.165) is 11.1 Å². The SMILES string of the molecule is CCN(C(=O)C(CS)NC(=O)OC(C)(C)C)C(C(=O)NCC(=O)OC)c1ccc(C)c(C)c1. The number of aryl methyl sites for hydroxylation is 2. The molecule has 1 aromatic rings. The van der Waals surface area contributed by atoms with Crippen molar-refractivity contribution in [3.8, 4) is 0 Å². The fourth-order valence-electron chi connectivity index (χ4n) is 3.04. The molecule has 0 fully saturated rings. The largest absolute Gasteiger partial charge is 0.468 e. The van der Waals surface area contributed by atoms with Crippen LogP contribution in [0.4, 0.5) is 4.79 Å². The van der Waals surface area contributed by atoms with Crippen molar-refractivity contribution in [3.05, 3.63) is 34.9 Å². The quantitative estimate of drug-likeness (QED) is 0.368. The number of esters is 1. The second-order valence-electron chi connectivity index (χ2n) is 8.55. The Morgan fingerprint density at radius 2 is 1.76 bits per heavy atom. The molecule has 0 bridgehead atoms. The molecule has 9 nitrogen and oxygen atoms in total. The standard InChI is InChI=1S/C23H35N3O6S/c1-8-26(21(29)17(13-33)25-22(30)32-23(4,5)6)19(20(28)24-12-18(27)31-7)16-10-9-14(2)15(3)11-16/h9-11,17,19,33H,8,12-13H2,1-7H3,(H,24,28)(H,25,30). The van der Waals surface area contributed by atoms with Crippen LogP contribution < -0.4 is 10.6 Å². The lowest BCUT2D eigenvalue weighted by atomic mass is 9.98. The van der Waals surface area contributed by atoms with Crippen molar-refractivity contribution in [2.45, 2.75) is 59.2 Å². The molecule has 0 spiro atoms. The van der Waals surface area contributed by atoms with E-state index in [9.17, 15) is 19.2 Å². The van der Waals surface area contributed by atoms with Gasteiger partial charge in [-0.15, -0.1) is 0 Å². The van der Waals surface area contributed by atoms with Crippen molar-refractivity contribution >= 4 is 36.5 Å². The normalized spacial score (nSPS) is 12.8. The van der Waals surface area contributed by atoms with Crippen molar-refractivity contribution in [1.29, 1.82) is 0 Å². The number of nitrogens with one attached hydrogen (secondary N) is 2. The van der Waals surface area contributed by atoms with Gasteiger partial charge < -0.3 is 25.0 Å². The van der Waals surface area contributed by atoms with E-state index in [2.05, 4.69) is 28.0 Å². The molecule has 0 saturated heterocycles. The summed E-state index contributed by atoms with van der Waals surface area (Å²) in [6.45, 7) is 10.5. The molecule has 0 aromatic heterocycles. The summed E-state index contributed by atoms with van der Waals surface area (Å²) in [7, 11) is 1.22. The van der Waals surface area contributed by atoms with Gasteiger partial charge in [0.05, 0.1) is 7.11 Å². The third kappa shape index (κ3) is 8.60. The Kier molecular flexibility index (Phi) is 10.7. The van der Waals surface area contributed by atoms with Gasteiger partial charge in [0.15, 0.2) is 0 Å². The van der Waals surface area contributed by atoms with Gasteiger partial charge in [0.1, 0.15) is 24.2 Å². The summed E-state index contributed by atoms with van der Waals surface area (Å²) in [5, 5.41) is 5.05. The molecule has 0 radical (unpaired) electrons. The van der Waals surface area contributed by atoms with Gasteiger partial charge in [-0.2, -0.15) is 12.6 Å². The van der Waals surface area contributed by atoms with Crippen molar-refractivity contribution < 1.29 is 28.7 Å². The van der Waals surface area contributed by atoms with Crippen LogP contribution in [-0.2, 0) is 23.9 Å². The first-order chi connectivity index (χ1) is 15.3. The lowest BCUT2D eigenvalue weighted by Gasteiger charge is -2.33. The number of hydrogen-bond acceptors (Lipinski definition) is 7. The number of benzene rings is 1. The van der Waals surface area contributed by atoms with E-state index in [1.807, 2.05) is 26.0 Å². The number of alkyl carbamates (subject to hydrolysis) is 1. The highest BCUT2D eigenvalue weighted by molar-refractivity contribution is 7.80. The predicted octanol–water partition coefficient (Wildman–Crippen LogP) is 2.31. The average Bonchev–Trinajstić information content (AvgIpc) is 2.74. The van der Waals surface area contributed by atoms with E-state index in [-0.39, 0.29) is 18.8 Å². The van der Waals surface area contributed by atoms with Crippen LogP contribution in [0.1, 0.15) is 50.4 Å². The number of nitrogens with zero attached hydrogens (tertiary/aromatic N) is 1. The number of ether oxygens (including phenoxy) is 2. The second kappa shape index (κ2) is 12.5. The number of thiol groups is 1. The zero-order chi connectivity index (χ0) is 25.3. The zero-order valence-corrected chi connectivity index (χ0v) is 21.2. The zero-order valence-electron chi connectivity index (χ0n) is 20.4. The highest BCUT2D eigenvalue weighted by atomic mass is 32.1. The van der Waals surface area contributed by atoms with Gasteiger partial charge in [0, 0.05) is 12.3 Å². The maximum absolute atomic E-state index is 13.4. The minimum atomic E-state index is -1.03. The average molecular weight is 482 g/mol. The number of methoxy groups -OCH3 is 1. The molecule has 0 aliphatic rings. The molecule has 2 atom stereocenters. The molecule has 1 rings (SSSR count). The molecule has 0 aliphatic carbocycles. The number of rotatable bonds is 9. The molecule has 1 aromatic carbocycles. The Labute approximate surface area is 201 Å². The summed E-state index contributed by atoms with van der Waals surface area (Å²) in [6.07, 6.45) is -0.760. The Morgan fingerprint density at radius 3 is 2.24 bits per heavy atom. The molecule has 0 aliphatic heterocycles. The maximum atomic E-state index is 13.4. The molecule has 33 heavy (non-hydrogen) atoms. The van der Waals surface area contributed by atoms with Crippen LogP contribution in [0.15, 0.2) is 18.2 Å². The van der Waals surface area contributed by atoms with E-state index in [0.29, 0.717) is 5.56 Å². The summed E-state index contributed by atoms with van der Waals surface area (Å²) in [6, 6.07) is 3.39. The molecule has 0 heterocycles. The van der Waals surface area contributed by atoms with Crippen molar-refractivity contribution in [3.63, 3.8) is 0 Å². The van der Waals surface area contributed by atoms with E-state index in [4.69, 9.17) is 4.74 Å². The summed E-state index contributed by atoms with van der Waals surface area (Å²) in [4.78, 5) is 51.7. The van der Waals surface area contributed by atoms with Gasteiger partial charge in [-0.3, -0.25) is 14.4 Å². The van der Waals surface area contributed by atoms with Crippen LogP contribution >= 0.6 is 12.6 Å². The van der Waals surface area contributed by atoms with Crippen molar-refractivity contribution in [2.24, 2.45) is 0 Å². The maximum Gasteiger partial charge on any atom is 0.408 e. The molecule has 184 valence electrons. The summed E-state index contributed by atoms with van der Waals surface area (Å²) in [5.41, 5.74) is 1.81. The van der Waals surface area contributed by atoms with Crippen molar-refractivity contribution in [2.75, 3.05) is 26.0 Å². The number of hydrogen-bond donors (Lipinski definition) is 3. The summed E-state index contributed by atoms with van der Waals surface area (Å²) < 4.78 is 9.84. The van der Waals surface area contributed by atoms with Crippen LogP contribution in [0.3, 0.4) is 0 Å². The van der Waals surface area contributed by atoms with Crippen LogP contribution in [0.5, 0.6) is 0 Å². The summed E-state index contributed by atoms with van der Waals surface area (Å²) in [5.74, 6) is -1.67. The first kappa shape index (κ1) is 28.3. The number of likely N-dealkylation sites (N-methyl/N-ethyl adjacent to an activating group) is 1. The molecule has 10 heteroatoms. The predicted molar refractivity (Wildman–Crippen MR) is 128 cm³/mol. The van der Waals surface area contributed by atoms with Gasteiger partial charge in [0.2, 0.25) is 11.8 Å². The van der Waals surface area contributed by atoms with Gasteiger partial charge in [-0.05, 0) is 58.2 Å².